The molecule has 0 spiro atoms. The fourth-order valence-electron chi connectivity index (χ4n) is 2.06. The van der Waals surface area contributed by atoms with Gasteiger partial charge in [-0.1, -0.05) is 18.2 Å². The Balaban J connectivity index is 1.70. The van der Waals surface area contributed by atoms with Gasteiger partial charge in [-0.25, -0.2) is 4.39 Å². The number of halogens is 1. The highest BCUT2D eigenvalue weighted by Gasteiger charge is 2.09. The van der Waals surface area contributed by atoms with Crippen molar-refractivity contribution < 1.29 is 23.5 Å². The number of carbonyl (C=O) groups is 2. The van der Waals surface area contributed by atoms with E-state index < -0.39 is 17.6 Å². The molecule has 0 aliphatic rings. The number of nitrogens with one attached hydrogen (secondary N) is 2. The molecule has 2 N–H and O–H groups in total. The van der Waals surface area contributed by atoms with E-state index in [2.05, 4.69) is 10.9 Å². The lowest BCUT2D eigenvalue weighted by Gasteiger charge is -2.12. The molecule has 0 saturated carbocycles. The topological polar surface area (TPSA) is 76.7 Å². The number of carbonyl (C=O) groups excluding carboxylic acids is 2. The number of hydrogen-bond donors (Lipinski definition) is 2. The molecule has 0 fully saturated rings. The minimum atomic E-state index is -0.551. The van der Waals surface area contributed by atoms with Crippen molar-refractivity contribution in [2.75, 3.05) is 13.2 Å². The van der Waals surface area contributed by atoms with Gasteiger partial charge in [0.2, 0.25) is 0 Å². The van der Waals surface area contributed by atoms with Gasteiger partial charge in [0.05, 0.1) is 0 Å². The van der Waals surface area contributed by atoms with E-state index in [9.17, 15) is 14.0 Å². The third-order valence-electron chi connectivity index (χ3n) is 3.28. The van der Waals surface area contributed by atoms with Crippen LogP contribution in [0.1, 0.15) is 11.1 Å². The van der Waals surface area contributed by atoms with E-state index in [0.29, 0.717) is 11.5 Å². The normalized spacial score (nSPS) is 10.0. The van der Waals surface area contributed by atoms with Crippen LogP contribution >= 0.6 is 0 Å². The molecule has 2 aromatic carbocycles. The Hall–Kier alpha value is -3.09. The SMILES string of the molecule is Cc1cccc(C)c1OCC(=O)NNC(=O)COc1ccc(F)cc1. The number of aryl methyl sites for hydroxylation is 2. The number of benzene rings is 2. The van der Waals surface area contributed by atoms with Gasteiger partial charge in [0.1, 0.15) is 17.3 Å². The van der Waals surface area contributed by atoms with Gasteiger partial charge in [0.25, 0.3) is 11.8 Å². The maximum atomic E-state index is 12.7. The Bertz CT molecular complexity index is 727. The maximum Gasteiger partial charge on any atom is 0.276 e. The van der Waals surface area contributed by atoms with Crippen LogP contribution in [0.4, 0.5) is 4.39 Å². The van der Waals surface area contributed by atoms with Crippen LogP contribution in [-0.4, -0.2) is 25.0 Å². The molecule has 2 rings (SSSR count). The number of para-hydroxylation sites is 1. The molecule has 7 heteroatoms. The Kier molecular flexibility index (Phi) is 6.33. The molecule has 0 aliphatic carbocycles. The lowest BCUT2D eigenvalue weighted by atomic mass is 10.1. The summed E-state index contributed by atoms with van der Waals surface area (Å²) in [6.07, 6.45) is 0. The fraction of sp³-hybridized carbons (Fsp3) is 0.222. The van der Waals surface area contributed by atoms with Gasteiger partial charge in [-0.2, -0.15) is 0 Å². The Labute approximate surface area is 144 Å². The Morgan fingerprint density at radius 3 is 1.96 bits per heavy atom. The quantitative estimate of drug-likeness (QED) is 0.785. The molecule has 2 aromatic rings. The summed E-state index contributed by atoms with van der Waals surface area (Å²) in [4.78, 5) is 23.3. The van der Waals surface area contributed by atoms with Crippen molar-refractivity contribution >= 4 is 11.8 Å². The zero-order valence-electron chi connectivity index (χ0n) is 14.0. The maximum absolute atomic E-state index is 12.7. The standard InChI is InChI=1S/C18H19FN2O4/c1-12-4-3-5-13(2)18(12)25-11-17(23)21-20-16(22)10-24-15-8-6-14(19)7-9-15/h3-9H,10-11H2,1-2H3,(H,20,22)(H,21,23). The van der Waals surface area contributed by atoms with E-state index >= 15 is 0 Å². The van der Waals surface area contributed by atoms with Crippen LogP contribution in [0.2, 0.25) is 0 Å². The van der Waals surface area contributed by atoms with Crippen LogP contribution in [0.15, 0.2) is 42.5 Å². The van der Waals surface area contributed by atoms with Crippen LogP contribution in [0.3, 0.4) is 0 Å². The van der Waals surface area contributed by atoms with Crippen molar-refractivity contribution in [3.63, 3.8) is 0 Å². The van der Waals surface area contributed by atoms with Gasteiger partial charge in [0.15, 0.2) is 13.2 Å². The lowest BCUT2D eigenvalue weighted by molar-refractivity contribution is -0.131. The monoisotopic (exact) mass is 346 g/mol. The summed E-state index contributed by atoms with van der Waals surface area (Å²) in [6.45, 7) is 3.22. The summed E-state index contributed by atoms with van der Waals surface area (Å²) in [5.74, 6) is -0.458. The first-order chi connectivity index (χ1) is 12.0. The first-order valence-corrected chi connectivity index (χ1v) is 7.61. The van der Waals surface area contributed by atoms with Crippen LogP contribution in [-0.2, 0) is 9.59 Å². The van der Waals surface area contributed by atoms with Crippen molar-refractivity contribution in [2.24, 2.45) is 0 Å². The summed E-state index contributed by atoms with van der Waals surface area (Å²) in [5, 5.41) is 0. The van der Waals surface area contributed by atoms with E-state index in [0.717, 1.165) is 11.1 Å². The first-order valence-electron chi connectivity index (χ1n) is 7.61. The van der Waals surface area contributed by atoms with E-state index in [4.69, 9.17) is 9.47 Å². The smallest absolute Gasteiger partial charge is 0.276 e. The largest absolute Gasteiger partial charge is 0.484 e. The van der Waals surface area contributed by atoms with Gasteiger partial charge in [-0.05, 0) is 49.2 Å². The van der Waals surface area contributed by atoms with Crippen LogP contribution in [0.25, 0.3) is 0 Å². The van der Waals surface area contributed by atoms with Crippen LogP contribution < -0.4 is 20.3 Å². The molecule has 0 atom stereocenters. The molecule has 0 radical (unpaired) electrons. The van der Waals surface area contributed by atoms with Crippen molar-refractivity contribution in [1.29, 1.82) is 0 Å². The summed E-state index contributed by atoms with van der Waals surface area (Å²) < 4.78 is 23.4. The van der Waals surface area contributed by atoms with E-state index in [-0.39, 0.29) is 13.2 Å². The third-order valence-corrected chi connectivity index (χ3v) is 3.28. The molecule has 6 nitrogen and oxygen atoms in total. The molecule has 0 heterocycles. The fourth-order valence-corrected chi connectivity index (χ4v) is 2.06. The predicted octanol–water partition coefficient (Wildman–Crippen LogP) is 2.05. The van der Waals surface area contributed by atoms with Gasteiger partial charge >= 0.3 is 0 Å². The Morgan fingerprint density at radius 2 is 1.40 bits per heavy atom. The molecule has 2 amide bonds. The molecular formula is C18H19FN2O4. The van der Waals surface area contributed by atoms with Crippen LogP contribution in [0.5, 0.6) is 11.5 Å². The average molecular weight is 346 g/mol. The molecule has 0 saturated heterocycles. The zero-order valence-corrected chi connectivity index (χ0v) is 14.0. The van der Waals surface area contributed by atoms with Crippen molar-refractivity contribution in [1.82, 2.24) is 10.9 Å². The zero-order chi connectivity index (χ0) is 18.2. The highest BCUT2D eigenvalue weighted by molar-refractivity contribution is 5.83. The minimum Gasteiger partial charge on any atom is -0.484 e. The summed E-state index contributed by atoms with van der Waals surface area (Å²) in [7, 11) is 0. The van der Waals surface area contributed by atoms with E-state index in [1.807, 2.05) is 32.0 Å². The highest BCUT2D eigenvalue weighted by Crippen LogP contribution is 2.21. The van der Waals surface area contributed by atoms with Crippen molar-refractivity contribution in [3.05, 3.63) is 59.4 Å². The van der Waals surface area contributed by atoms with Gasteiger partial charge in [-0.3, -0.25) is 20.4 Å². The second-order valence-electron chi connectivity index (χ2n) is 5.35. The third kappa shape index (κ3) is 5.80. The molecule has 0 unspecified atom stereocenters. The second-order valence-corrected chi connectivity index (χ2v) is 5.35. The van der Waals surface area contributed by atoms with Gasteiger partial charge in [0, 0.05) is 0 Å². The number of ether oxygens (including phenoxy) is 2. The number of hydrazine groups is 1. The molecule has 0 bridgehead atoms. The van der Waals surface area contributed by atoms with Gasteiger partial charge in [-0.15, -0.1) is 0 Å². The lowest BCUT2D eigenvalue weighted by Crippen LogP contribution is -2.45. The summed E-state index contributed by atoms with van der Waals surface area (Å²) >= 11 is 0. The van der Waals surface area contributed by atoms with Crippen LogP contribution in [0, 0.1) is 19.7 Å². The van der Waals surface area contributed by atoms with Gasteiger partial charge < -0.3 is 9.47 Å². The average Bonchev–Trinajstić information content (AvgIpc) is 2.59. The molecular weight excluding hydrogens is 327 g/mol. The van der Waals surface area contributed by atoms with E-state index in [1.54, 1.807) is 0 Å². The molecule has 0 aromatic heterocycles. The second kappa shape index (κ2) is 8.68. The predicted molar refractivity (Wildman–Crippen MR) is 89.6 cm³/mol. The summed E-state index contributed by atoms with van der Waals surface area (Å²) in [6, 6.07) is 10.9. The minimum absolute atomic E-state index is 0.231. The van der Waals surface area contributed by atoms with Crippen molar-refractivity contribution in [2.45, 2.75) is 13.8 Å². The number of rotatable bonds is 6. The first kappa shape index (κ1) is 18.3. The Morgan fingerprint density at radius 1 is 0.880 bits per heavy atom. The number of hydrogen-bond acceptors (Lipinski definition) is 4. The molecule has 132 valence electrons. The molecule has 0 aliphatic heterocycles. The van der Waals surface area contributed by atoms with Crippen molar-refractivity contribution in [3.8, 4) is 11.5 Å². The highest BCUT2D eigenvalue weighted by atomic mass is 19.1. The van der Waals surface area contributed by atoms with E-state index in [1.165, 1.54) is 24.3 Å². The summed E-state index contributed by atoms with van der Waals surface area (Å²) in [5.41, 5.74) is 6.29. The molecule has 25 heavy (non-hydrogen) atoms. The number of amides is 2.